The zero-order valence-corrected chi connectivity index (χ0v) is 10.5. The Kier molecular flexibility index (Phi) is 4.19. The van der Waals surface area contributed by atoms with Gasteiger partial charge in [-0.2, -0.15) is 0 Å². The quantitative estimate of drug-likeness (QED) is 0.780. The first-order chi connectivity index (χ1) is 7.61. The van der Waals surface area contributed by atoms with Crippen molar-refractivity contribution in [3.63, 3.8) is 0 Å². The zero-order chi connectivity index (χ0) is 12.2. The SMILES string of the molecule is CCC(CC)(OC)c1cc(N)cc(OC)c1. The Morgan fingerprint density at radius 3 is 2.19 bits per heavy atom. The van der Waals surface area contributed by atoms with Gasteiger partial charge in [0.15, 0.2) is 0 Å². The second-order valence-electron chi connectivity index (χ2n) is 3.90. The minimum absolute atomic E-state index is 0.261. The Bertz CT molecular complexity index is 338. The van der Waals surface area contributed by atoms with E-state index in [1.165, 1.54) is 0 Å². The maximum Gasteiger partial charge on any atom is 0.121 e. The van der Waals surface area contributed by atoms with Crippen molar-refractivity contribution in [1.82, 2.24) is 0 Å². The zero-order valence-electron chi connectivity index (χ0n) is 10.5. The fourth-order valence-corrected chi connectivity index (χ4v) is 2.07. The van der Waals surface area contributed by atoms with Gasteiger partial charge in [-0.3, -0.25) is 0 Å². The first-order valence-corrected chi connectivity index (χ1v) is 5.62. The second-order valence-corrected chi connectivity index (χ2v) is 3.90. The third-order valence-corrected chi connectivity index (χ3v) is 3.22. The summed E-state index contributed by atoms with van der Waals surface area (Å²) in [6, 6.07) is 5.76. The largest absolute Gasteiger partial charge is 0.497 e. The van der Waals surface area contributed by atoms with Gasteiger partial charge in [0.05, 0.1) is 12.7 Å². The molecule has 1 aromatic carbocycles. The van der Waals surface area contributed by atoms with Crippen LogP contribution in [0, 0.1) is 0 Å². The highest BCUT2D eigenvalue weighted by Crippen LogP contribution is 2.35. The van der Waals surface area contributed by atoms with Gasteiger partial charge in [-0.15, -0.1) is 0 Å². The van der Waals surface area contributed by atoms with Crippen LogP contribution in [-0.2, 0) is 10.3 Å². The van der Waals surface area contributed by atoms with Gasteiger partial charge in [-0.05, 0) is 30.5 Å². The van der Waals surface area contributed by atoms with E-state index in [1.807, 2.05) is 18.2 Å². The van der Waals surface area contributed by atoms with Crippen molar-refractivity contribution in [2.24, 2.45) is 0 Å². The van der Waals surface area contributed by atoms with Gasteiger partial charge in [-0.25, -0.2) is 0 Å². The summed E-state index contributed by atoms with van der Waals surface area (Å²) in [5.41, 5.74) is 7.39. The highest BCUT2D eigenvalue weighted by Gasteiger charge is 2.28. The summed E-state index contributed by atoms with van der Waals surface area (Å²) in [5, 5.41) is 0. The summed E-state index contributed by atoms with van der Waals surface area (Å²) in [5.74, 6) is 0.776. The van der Waals surface area contributed by atoms with Gasteiger partial charge in [0.2, 0.25) is 0 Å². The molecular weight excluding hydrogens is 202 g/mol. The van der Waals surface area contributed by atoms with E-state index in [0.29, 0.717) is 5.69 Å². The number of methoxy groups -OCH3 is 2. The number of rotatable bonds is 5. The summed E-state index contributed by atoms with van der Waals surface area (Å²) >= 11 is 0. The third-order valence-electron chi connectivity index (χ3n) is 3.22. The Hall–Kier alpha value is -1.22. The topological polar surface area (TPSA) is 44.5 Å². The summed E-state index contributed by atoms with van der Waals surface area (Å²) in [6.45, 7) is 4.23. The number of nitrogens with two attached hydrogens (primary N) is 1. The number of nitrogen functional groups attached to an aromatic ring is 1. The highest BCUT2D eigenvalue weighted by atomic mass is 16.5. The summed E-state index contributed by atoms with van der Waals surface area (Å²) in [7, 11) is 3.38. The average molecular weight is 223 g/mol. The Morgan fingerprint density at radius 1 is 1.12 bits per heavy atom. The van der Waals surface area contributed by atoms with Crippen molar-refractivity contribution < 1.29 is 9.47 Å². The fraction of sp³-hybridized carbons (Fsp3) is 0.538. The lowest BCUT2D eigenvalue weighted by molar-refractivity contribution is -0.0218. The molecule has 0 amide bonds. The minimum Gasteiger partial charge on any atom is -0.497 e. The molecule has 16 heavy (non-hydrogen) atoms. The molecule has 0 radical (unpaired) electrons. The van der Waals surface area contributed by atoms with E-state index in [0.717, 1.165) is 24.2 Å². The maximum absolute atomic E-state index is 5.86. The van der Waals surface area contributed by atoms with Crippen LogP contribution in [0.1, 0.15) is 32.3 Å². The summed E-state index contributed by atoms with van der Waals surface area (Å²) in [6.07, 6.45) is 1.82. The molecule has 0 heterocycles. The lowest BCUT2D eigenvalue weighted by Crippen LogP contribution is -2.26. The minimum atomic E-state index is -0.261. The van der Waals surface area contributed by atoms with E-state index in [9.17, 15) is 0 Å². The first-order valence-electron chi connectivity index (χ1n) is 5.62. The summed E-state index contributed by atoms with van der Waals surface area (Å²) in [4.78, 5) is 0. The monoisotopic (exact) mass is 223 g/mol. The van der Waals surface area contributed by atoms with E-state index < -0.39 is 0 Å². The van der Waals surface area contributed by atoms with Crippen LogP contribution in [0.2, 0.25) is 0 Å². The van der Waals surface area contributed by atoms with Crippen molar-refractivity contribution in [2.75, 3.05) is 20.0 Å². The van der Waals surface area contributed by atoms with Crippen LogP contribution >= 0.6 is 0 Å². The van der Waals surface area contributed by atoms with Gasteiger partial charge in [-0.1, -0.05) is 13.8 Å². The molecule has 0 saturated carbocycles. The molecule has 90 valence electrons. The van der Waals surface area contributed by atoms with Crippen LogP contribution in [-0.4, -0.2) is 14.2 Å². The van der Waals surface area contributed by atoms with Crippen LogP contribution in [0.25, 0.3) is 0 Å². The molecule has 0 atom stereocenters. The van der Waals surface area contributed by atoms with Crippen molar-refractivity contribution in [3.8, 4) is 5.75 Å². The number of benzene rings is 1. The van der Waals surface area contributed by atoms with Gasteiger partial charge >= 0.3 is 0 Å². The van der Waals surface area contributed by atoms with Crippen molar-refractivity contribution in [1.29, 1.82) is 0 Å². The Labute approximate surface area is 97.6 Å². The predicted octanol–water partition coefficient (Wildman–Crippen LogP) is 2.94. The van der Waals surface area contributed by atoms with Gasteiger partial charge in [0.1, 0.15) is 5.75 Å². The Morgan fingerprint density at radius 2 is 1.75 bits per heavy atom. The van der Waals surface area contributed by atoms with E-state index in [4.69, 9.17) is 15.2 Å². The molecule has 0 saturated heterocycles. The van der Waals surface area contributed by atoms with Gasteiger partial charge < -0.3 is 15.2 Å². The van der Waals surface area contributed by atoms with E-state index in [-0.39, 0.29) is 5.60 Å². The van der Waals surface area contributed by atoms with Crippen LogP contribution < -0.4 is 10.5 Å². The molecule has 3 heteroatoms. The standard InChI is InChI=1S/C13H21NO2/c1-5-13(6-2,16-4)10-7-11(14)9-12(8-10)15-3/h7-9H,5-6,14H2,1-4H3. The Balaban J connectivity index is 3.23. The van der Waals surface area contributed by atoms with Crippen LogP contribution in [0.5, 0.6) is 5.75 Å². The number of hydrogen-bond donors (Lipinski definition) is 1. The number of anilines is 1. The maximum atomic E-state index is 5.86. The molecule has 1 aromatic rings. The average Bonchev–Trinajstić information content (AvgIpc) is 2.31. The lowest BCUT2D eigenvalue weighted by Gasteiger charge is -2.31. The molecule has 0 fully saturated rings. The van der Waals surface area contributed by atoms with E-state index >= 15 is 0 Å². The first kappa shape index (κ1) is 12.8. The molecule has 0 unspecified atom stereocenters. The number of hydrogen-bond acceptors (Lipinski definition) is 3. The van der Waals surface area contributed by atoms with E-state index in [2.05, 4.69) is 13.8 Å². The van der Waals surface area contributed by atoms with Crippen LogP contribution in [0.15, 0.2) is 18.2 Å². The molecule has 0 bridgehead atoms. The smallest absolute Gasteiger partial charge is 0.121 e. The lowest BCUT2D eigenvalue weighted by atomic mass is 9.88. The third kappa shape index (κ3) is 2.30. The highest BCUT2D eigenvalue weighted by molar-refractivity contribution is 5.49. The van der Waals surface area contributed by atoms with Gasteiger partial charge in [0, 0.05) is 18.9 Å². The molecule has 1 rings (SSSR count). The summed E-state index contributed by atoms with van der Waals surface area (Å²) < 4.78 is 10.9. The molecule has 3 nitrogen and oxygen atoms in total. The molecule has 0 aliphatic rings. The van der Waals surface area contributed by atoms with Crippen LogP contribution in [0.3, 0.4) is 0 Å². The van der Waals surface area contributed by atoms with Gasteiger partial charge in [0.25, 0.3) is 0 Å². The normalized spacial score (nSPS) is 11.5. The molecule has 0 aliphatic heterocycles. The van der Waals surface area contributed by atoms with E-state index in [1.54, 1.807) is 14.2 Å². The van der Waals surface area contributed by atoms with Crippen LogP contribution in [0.4, 0.5) is 5.69 Å². The molecule has 0 aromatic heterocycles. The van der Waals surface area contributed by atoms with Crippen molar-refractivity contribution in [2.45, 2.75) is 32.3 Å². The van der Waals surface area contributed by atoms with Crippen molar-refractivity contribution in [3.05, 3.63) is 23.8 Å². The fourth-order valence-electron chi connectivity index (χ4n) is 2.07. The molecule has 0 spiro atoms. The molecule has 0 aliphatic carbocycles. The molecular formula is C13H21NO2. The second kappa shape index (κ2) is 5.21. The number of ether oxygens (including phenoxy) is 2. The predicted molar refractivity (Wildman–Crippen MR) is 66.7 cm³/mol. The molecule has 2 N–H and O–H groups in total. The van der Waals surface area contributed by atoms with Crippen molar-refractivity contribution >= 4 is 5.69 Å².